The highest BCUT2D eigenvalue weighted by atomic mass is 19.1. The Morgan fingerprint density at radius 3 is 2.30 bits per heavy atom. The molecule has 23 heavy (non-hydrogen) atoms. The third-order valence-electron chi connectivity index (χ3n) is 3.20. The van der Waals surface area contributed by atoms with E-state index in [4.69, 9.17) is 4.74 Å². The number of hydrogen-bond donors (Lipinski definition) is 2. The van der Waals surface area contributed by atoms with Crippen LogP contribution >= 0.6 is 0 Å². The average molecular weight is 316 g/mol. The van der Waals surface area contributed by atoms with Crippen LogP contribution in [0.15, 0.2) is 48.5 Å². The summed E-state index contributed by atoms with van der Waals surface area (Å²) in [6.07, 6.45) is -1.06. The molecule has 5 nitrogen and oxygen atoms in total. The van der Waals surface area contributed by atoms with Crippen molar-refractivity contribution in [2.45, 2.75) is 13.0 Å². The van der Waals surface area contributed by atoms with Crippen LogP contribution in [0.25, 0.3) is 0 Å². The molecule has 0 aromatic heterocycles. The first-order chi connectivity index (χ1) is 11.0. The Balaban J connectivity index is 2.03. The maximum atomic E-state index is 13.5. The lowest BCUT2D eigenvalue weighted by atomic mass is 10.2. The molecule has 0 aliphatic carbocycles. The maximum absolute atomic E-state index is 13.5. The van der Waals surface area contributed by atoms with Gasteiger partial charge in [0.15, 0.2) is 6.10 Å². The van der Waals surface area contributed by atoms with Crippen molar-refractivity contribution in [3.8, 4) is 0 Å². The number of anilines is 2. The Morgan fingerprint density at radius 2 is 1.65 bits per heavy atom. The third-order valence-corrected chi connectivity index (χ3v) is 3.20. The van der Waals surface area contributed by atoms with Crippen LogP contribution in [0.2, 0.25) is 0 Å². The Kier molecular flexibility index (Phi) is 5.30. The van der Waals surface area contributed by atoms with Gasteiger partial charge in [-0.25, -0.2) is 9.18 Å². The van der Waals surface area contributed by atoms with E-state index in [1.807, 2.05) is 0 Å². The molecule has 0 saturated heterocycles. The molecule has 2 aromatic carbocycles. The van der Waals surface area contributed by atoms with E-state index in [2.05, 4.69) is 10.6 Å². The lowest BCUT2D eigenvalue weighted by Gasteiger charge is -2.15. The lowest BCUT2D eigenvalue weighted by Crippen LogP contribution is -2.30. The van der Waals surface area contributed by atoms with Gasteiger partial charge in [0, 0.05) is 12.7 Å². The van der Waals surface area contributed by atoms with E-state index in [0.717, 1.165) is 0 Å². The molecule has 1 amide bonds. The molecular formula is C17H17FN2O3. The van der Waals surface area contributed by atoms with Gasteiger partial charge >= 0.3 is 5.97 Å². The first-order valence-corrected chi connectivity index (χ1v) is 7.06. The number of rotatable bonds is 5. The molecule has 2 aromatic rings. The second kappa shape index (κ2) is 7.40. The van der Waals surface area contributed by atoms with Gasteiger partial charge in [0.05, 0.1) is 11.3 Å². The van der Waals surface area contributed by atoms with Crippen molar-refractivity contribution in [2.75, 3.05) is 17.7 Å². The largest absolute Gasteiger partial charge is 0.449 e. The van der Waals surface area contributed by atoms with Crippen LogP contribution in [0.5, 0.6) is 0 Å². The van der Waals surface area contributed by atoms with Crippen LogP contribution in [0.4, 0.5) is 15.8 Å². The summed E-state index contributed by atoms with van der Waals surface area (Å²) in [5, 5.41) is 5.26. The van der Waals surface area contributed by atoms with Gasteiger partial charge in [0.2, 0.25) is 0 Å². The van der Waals surface area contributed by atoms with E-state index in [1.54, 1.807) is 37.4 Å². The van der Waals surface area contributed by atoms with Crippen LogP contribution in [-0.4, -0.2) is 25.0 Å². The maximum Gasteiger partial charge on any atom is 0.341 e. The van der Waals surface area contributed by atoms with E-state index in [1.165, 1.54) is 25.1 Å². The van der Waals surface area contributed by atoms with E-state index >= 15 is 0 Å². The number of halogens is 1. The molecule has 0 radical (unpaired) electrons. The van der Waals surface area contributed by atoms with Crippen LogP contribution in [-0.2, 0) is 9.53 Å². The van der Waals surface area contributed by atoms with E-state index in [-0.39, 0.29) is 5.69 Å². The van der Waals surface area contributed by atoms with Crippen molar-refractivity contribution in [1.29, 1.82) is 0 Å². The Hall–Kier alpha value is -2.89. The van der Waals surface area contributed by atoms with Gasteiger partial charge in [-0.1, -0.05) is 24.3 Å². The zero-order valence-electron chi connectivity index (χ0n) is 12.8. The summed E-state index contributed by atoms with van der Waals surface area (Å²) in [5.41, 5.74) is 0.954. The van der Waals surface area contributed by atoms with Gasteiger partial charge in [-0.05, 0) is 31.2 Å². The second-order valence-corrected chi connectivity index (χ2v) is 4.81. The van der Waals surface area contributed by atoms with E-state index < -0.39 is 23.8 Å². The number of carbonyl (C=O) groups is 2. The quantitative estimate of drug-likeness (QED) is 0.832. The molecule has 2 N–H and O–H groups in total. The molecule has 0 saturated carbocycles. The fourth-order valence-electron chi connectivity index (χ4n) is 1.95. The molecule has 120 valence electrons. The topological polar surface area (TPSA) is 67.4 Å². The summed E-state index contributed by atoms with van der Waals surface area (Å²) in [7, 11) is 1.68. The highest BCUT2D eigenvalue weighted by Crippen LogP contribution is 2.17. The van der Waals surface area contributed by atoms with E-state index in [9.17, 15) is 14.0 Å². The van der Waals surface area contributed by atoms with Crippen molar-refractivity contribution in [1.82, 2.24) is 0 Å². The number of benzene rings is 2. The number of ether oxygens (including phenoxy) is 1. The summed E-state index contributed by atoms with van der Waals surface area (Å²) < 4.78 is 18.6. The zero-order valence-corrected chi connectivity index (χ0v) is 12.8. The van der Waals surface area contributed by atoms with Crippen LogP contribution in [0.1, 0.15) is 17.3 Å². The van der Waals surface area contributed by atoms with Gasteiger partial charge in [-0.3, -0.25) is 4.79 Å². The molecule has 0 aliphatic heterocycles. The Labute approximate surface area is 133 Å². The molecule has 2 rings (SSSR count). The minimum atomic E-state index is -1.06. The molecule has 0 aliphatic rings. The number of nitrogens with one attached hydrogen (secondary N) is 2. The third kappa shape index (κ3) is 4.06. The molecule has 0 heterocycles. The van der Waals surface area contributed by atoms with Gasteiger partial charge in [0.1, 0.15) is 5.82 Å². The van der Waals surface area contributed by atoms with Crippen molar-refractivity contribution >= 4 is 23.3 Å². The number of esters is 1. The fraction of sp³-hybridized carbons (Fsp3) is 0.176. The lowest BCUT2D eigenvalue weighted by molar-refractivity contribution is -0.123. The minimum absolute atomic E-state index is 0.0380. The molecule has 0 unspecified atom stereocenters. The molecular weight excluding hydrogens is 299 g/mol. The highest BCUT2D eigenvalue weighted by molar-refractivity contribution is 5.99. The summed E-state index contributed by atoms with van der Waals surface area (Å²) in [6, 6.07) is 12.6. The van der Waals surface area contributed by atoms with Crippen LogP contribution in [0, 0.1) is 5.82 Å². The number of carbonyl (C=O) groups excluding carboxylic acids is 2. The first-order valence-electron chi connectivity index (χ1n) is 7.06. The average Bonchev–Trinajstić information content (AvgIpc) is 2.56. The number of amides is 1. The van der Waals surface area contributed by atoms with Crippen molar-refractivity contribution in [3.05, 3.63) is 59.9 Å². The smallest absolute Gasteiger partial charge is 0.341 e. The van der Waals surface area contributed by atoms with Gasteiger partial charge in [-0.2, -0.15) is 0 Å². The van der Waals surface area contributed by atoms with Gasteiger partial charge < -0.3 is 15.4 Å². The molecule has 6 heteroatoms. The molecule has 0 spiro atoms. The first kappa shape index (κ1) is 16.5. The monoisotopic (exact) mass is 316 g/mol. The predicted octanol–water partition coefficient (Wildman–Crippen LogP) is 3.05. The van der Waals surface area contributed by atoms with E-state index in [0.29, 0.717) is 11.3 Å². The van der Waals surface area contributed by atoms with Crippen molar-refractivity contribution in [2.24, 2.45) is 0 Å². The molecule has 0 bridgehead atoms. The molecule has 1 atom stereocenters. The van der Waals surface area contributed by atoms with Crippen LogP contribution < -0.4 is 10.6 Å². The van der Waals surface area contributed by atoms with Gasteiger partial charge in [-0.15, -0.1) is 0 Å². The Morgan fingerprint density at radius 1 is 1.04 bits per heavy atom. The fourth-order valence-corrected chi connectivity index (χ4v) is 1.95. The number of hydrogen-bond acceptors (Lipinski definition) is 4. The normalized spacial score (nSPS) is 11.4. The zero-order chi connectivity index (χ0) is 16.8. The second-order valence-electron chi connectivity index (χ2n) is 4.81. The molecule has 0 fully saturated rings. The van der Waals surface area contributed by atoms with Crippen molar-refractivity contribution < 1.29 is 18.7 Å². The summed E-state index contributed by atoms with van der Waals surface area (Å²) >= 11 is 0. The standard InChI is InChI=1S/C17H17FN2O3/c1-11(16(21)20-15-10-6-4-8-13(15)18)23-17(22)12-7-3-5-9-14(12)19-2/h3-11,19H,1-2H3,(H,20,21)/t11-/m0/s1. The SMILES string of the molecule is CNc1ccccc1C(=O)O[C@@H](C)C(=O)Nc1ccccc1F. The Bertz CT molecular complexity index is 718. The van der Waals surface area contributed by atoms with Gasteiger partial charge in [0.25, 0.3) is 5.91 Å². The van der Waals surface area contributed by atoms with Crippen LogP contribution in [0.3, 0.4) is 0 Å². The highest BCUT2D eigenvalue weighted by Gasteiger charge is 2.21. The summed E-state index contributed by atoms with van der Waals surface area (Å²) in [5.74, 6) is -1.79. The summed E-state index contributed by atoms with van der Waals surface area (Å²) in [6.45, 7) is 1.43. The van der Waals surface area contributed by atoms with Crippen molar-refractivity contribution in [3.63, 3.8) is 0 Å². The predicted molar refractivity (Wildman–Crippen MR) is 85.9 cm³/mol. The minimum Gasteiger partial charge on any atom is -0.449 e. The number of para-hydroxylation sites is 2. The summed E-state index contributed by atoms with van der Waals surface area (Å²) in [4.78, 5) is 24.2.